The molecule has 0 aliphatic carbocycles. The van der Waals surface area contributed by atoms with Crippen molar-refractivity contribution in [3.63, 3.8) is 0 Å². The monoisotopic (exact) mass is 290 g/mol. The maximum absolute atomic E-state index is 13.0. The fraction of sp³-hybridized carbons (Fsp3) is 0. The summed E-state index contributed by atoms with van der Waals surface area (Å²) < 4.78 is 13.0. The van der Waals surface area contributed by atoms with E-state index in [4.69, 9.17) is 17.3 Å². The van der Waals surface area contributed by atoms with Crippen molar-refractivity contribution in [3.05, 3.63) is 59.9 Å². The molecule has 0 bridgehead atoms. The molecule has 2 aromatic rings. The van der Waals surface area contributed by atoms with Gasteiger partial charge in [0.05, 0.1) is 5.56 Å². The minimum Gasteiger partial charge on any atom is -0.478 e. The van der Waals surface area contributed by atoms with Crippen LogP contribution in [0.3, 0.4) is 0 Å². The maximum Gasteiger partial charge on any atom is 0.335 e. The Hall–Kier alpha value is -2.47. The molecule has 0 radical (unpaired) electrons. The molecule has 0 spiro atoms. The zero-order valence-corrected chi connectivity index (χ0v) is 11.1. The Morgan fingerprint density at radius 3 is 2.25 bits per heavy atom. The van der Waals surface area contributed by atoms with E-state index < -0.39 is 5.97 Å². The molecule has 0 heterocycles. The largest absolute Gasteiger partial charge is 0.478 e. The van der Waals surface area contributed by atoms with E-state index in [1.54, 1.807) is 24.3 Å². The van der Waals surface area contributed by atoms with Crippen molar-refractivity contribution in [3.8, 4) is 0 Å². The predicted molar refractivity (Wildman–Crippen MR) is 79.6 cm³/mol. The van der Waals surface area contributed by atoms with Crippen LogP contribution >= 0.6 is 12.2 Å². The molecule has 6 heteroatoms. The fourth-order valence-electron chi connectivity index (χ4n) is 1.59. The van der Waals surface area contributed by atoms with Gasteiger partial charge < -0.3 is 15.7 Å². The Bertz CT molecular complexity index is 661. The van der Waals surface area contributed by atoms with Gasteiger partial charge in [0.2, 0.25) is 0 Å². The molecule has 4 nitrogen and oxygen atoms in total. The molecular weight excluding hydrogens is 279 g/mol. The van der Waals surface area contributed by atoms with Crippen molar-refractivity contribution in [2.45, 2.75) is 0 Å². The molecule has 0 aliphatic heterocycles. The Morgan fingerprint density at radius 2 is 1.65 bits per heavy atom. The van der Waals surface area contributed by atoms with Gasteiger partial charge in [0, 0.05) is 11.4 Å². The predicted octanol–water partition coefficient (Wildman–Crippen LogP) is 3.33. The number of hydrogen-bond acceptors (Lipinski definition) is 2. The van der Waals surface area contributed by atoms with E-state index in [0.29, 0.717) is 11.4 Å². The van der Waals surface area contributed by atoms with Gasteiger partial charge in [0.15, 0.2) is 5.11 Å². The number of thiocarbonyl (C=S) groups is 1. The Kier molecular flexibility index (Phi) is 4.27. The Morgan fingerprint density at radius 1 is 1.05 bits per heavy atom. The third-order valence-corrected chi connectivity index (χ3v) is 2.65. The summed E-state index contributed by atoms with van der Waals surface area (Å²) in [4.78, 5) is 10.8. The smallest absolute Gasteiger partial charge is 0.335 e. The zero-order valence-electron chi connectivity index (χ0n) is 10.3. The lowest BCUT2D eigenvalue weighted by atomic mass is 10.2. The normalized spacial score (nSPS) is 9.85. The molecule has 0 aromatic heterocycles. The molecular formula is C14H11FN2O2S. The number of nitrogens with one attached hydrogen (secondary N) is 2. The lowest BCUT2D eigenvalue weighted by Gasteiger charge is -2.11. The molecule has 0 saturated heterocycles. The standard InChI is InChI=1S/C14H11FN2O2S/c15-10-4-2-6-12(8-10)17-14(20)16-11-5-1-3-9(7-11)13(18)19/h1-8H,(H,18,19)(H2,16,17,20). The van der Waals surface area contributed by atoms with Crippen LogP contribution in [-0.4, -0.2) is 16.2 Å². The lowest BCUT2D eigenvalue weighted by molar-refractivity contribution is 0.0697. The van der Waals surface area contributed by atoms with Crippen molar-refractivity contribution in [2.24, 2.45) is 0 Å². The highest BCUT2D eigenvalue weighted by Crippen LogP contribution is 2.13. The highest BCUT2D eigenvalue weighted by Gasteiger charge is 2.04. The number of rotatable bonds is 3. The lowest BCUT2D eigenvalue weighted by Crippen LogP contribution is -2.19. The summed E-state index contributed by atoms with van der Waals surface area (Å²) in [5.41, 5.74) is 1.21. The van der Waals surface area contributed by atoms with Crippen LogP contribution in [0.15, 0.2) is 48.5 Å². The van der Waals surface area contributed by atoms with Crippen LogP contribution < -0.4 is 10.6 Å². The van der Waals surface area contributed by atoms with Gasteiger partial charge in [0.1, 0.15) is 5.82 Å². The zero-order chi connectivity index (χ0) is 14.5. The minimum absolute atomic E-state index is 0.156. The van der Waals surface area contributed by atoms with Crippen LogP contribution in [0.4, 0.5) is 15.8 Å². The van der Waals surface area contributed by atoms with Gasteiger partial charge in [-0.2, -0.15) is 0 Å². The number of halogens is 1. The van der Waals surface area contributed by atoms with Crippen LogP contribution in [0.5, 0.6) is 0 Å². The number of anilines is 2. The Labute approximate surface area is 120 Å². The van der Waals surface area contributed by atoms with Gasteiger partial charge >= 0.3 is 5.97 Å². The summed E-state index contributed by atoms with van der Waals surface area (Å²) in [5.74, 6) is -1.39. The number of aromatic carboxylic acids is 1. The first-order valence-corrected chi connectivity index (χ1v) is 6.12. The highest BCUT2D eigenvalue weighted by molar-refractivity contribution is 7.80. The van der Waals surface area contributed by atoms with Crippen LogP contribution in [0.1, 0.15) is 10.4 Å². The third-order valence-electron chi connectivity index (χ3n) is 2.45. The molecule has 102 valence electrons. The van der Waals surface area contributed by atoms with E-state index in [-0.39, 0.29) is 16.5 Å². The number of carbonyl (C=O) groups is 1. The molecule has 2 rings (SSSR count). The van der Waals surface area contributed by atoms with Crippen molar-refractivity contribution in [1.29, 1.82) is 0 Å². The quantitative estimate of drug-likeness (QED) is 0.757. The second-order valence-corrected chi connectivity index (χ2v) is 4.38. The fourth-order valence-corrected chi connectivity index (χ4v) is 1.83. The van der Waals surface area contributed by atoms with E-state index >= 15 is 0 Å². The number of hydrogen-bond donors (Lipinski definition) is 3. The molecule has 2 aromatic carbocycles. The summed E-state index contributed by atoms with van der Waals surface area (Å²) in [7, 11) is 0. The average Bonchev–Trinajstić information content (AvgIpc) is 2.38. The molecule has 0 unspecified atom stereocenters. The summed E-state index contributed by atoms with van der Waals surface area (Å²) in [6.45, 7) is 0. The van der Waals surface area contributed by atoms with Crippen LogP contribution in [0, 0.1) is 5.82 Å². The van der Waals surface area contributed by atoms with Crippen molar-refractivity contribution >= 4 is 34.7 Å². The van der Waals surface area contributed by atoms with Crippen LogP contribution in [-0.2, 0) is 0 Å². The summed E-state index contributed by atoms with van der Waals surface area (Å²) in [6.07, 6.45) is 0. The molecule has 3 N–H and O–H groups in total. The SMILES string of the molecule is O=C(O)c1cccc(NC(=S)Nc2cccc(F)c2)c1. The topological polar surface area (TPSA) is 61.4 Å². The first-order chi connectivity index (χ1) is 9.54. The van der Waals surface area contributed by atoms with E-state index in [1.807, 2.05) is 0 Å². The number of benzene rings is 2. The van der Waals surface area contributed by atoms with Crippen LogP contribution in [0.25, 0.3) is 0 Å². The van der Waals surface area contributed by atoms with Gasteiger partial charge in [-0.15, -0.1) is 0 Å². The second-order valence-electron chi connectivity index (χ2n) is 3.98. The van der Waals surface area contributed by atoms with Crippen molar-refractivity contribution in [2.75, 3.05) is 10.6 Å². The summed E-state index contributed by atoms with van der Waals surface area (Å²) in [6, 6.07) is 12.1. The van der Waals surface area contributed by atoms with Crippen molar-refractivity contribution in [1.82, 2.24) is 0 Å². The highest BCUT2D eigenvalue weighted by atomic mass is 32.1. The first-order valence-electron chi connectivity index (χ1n) is 5.71. The number of carboxylic acids is 1. The van der Waals surface area contributed by atoms with E-state index in [2.05, 4.69) is 10.6 Å². The molecule has 0 atom stereocenters. The number of carboxylic acid groups (broad SMARTS) is 1. The first kappa shape index (κ1) is 14.0. The molecule has 0 saturated carbocycles. The maximum atomic E-state index is 13.0. The molecule has 20 heavy (non-hydrogen) atoms. The third kappa shape index (κ3) is 3.76. The van der Waals surface area contributed by atoms with Gasteiger partial charge in [-0.3, -0.25) is 0 Å². The molecule has 0 aliphatic rings. The Balaban J connectivity index is 2.04. The summed E-state index contributed by atoms with van der Waals surface area (Å²) in [5, 5.41) is 14.8. The molecule has 0 fully saturated rings. The van der Waals surface area contributed by atoms with Gasteiger partial charge in [0.25, 0.3) is 0 Å². The van der Waals surface area contributed by atoms with Gasteiger partial charge in [-0.25, -0.2) is 9.18 Å². The second kappa shape index (κ2) is 6.12. The van der Waals surface area contributed by atoms with E-state index in [9.17, 15) is 9.18 Å². The van der Waals surface area contributed by atoms with Crippen LogP contribution in [0.2, 0.25) is 0 Å². The van der Waals surface area contributed by atoms with Gasteiger partial charge in [-0.05, 0) is 48.6 Å². The van der Waals surface area contributed by atoms with Crippen molar-refractivity contribution < 1.29 is 14.3 Å². The van der Waals surface area contributed by atoms with E-state index in [0.717, 1.165) is 0 Å². The molecule has 0 amide bonds. The summed E-state index contributed by atoms with van der Waals surface area (Å²) >= 11 is 5.08. The van der Waals surface area contributed by atoms with E-state index in [1.165, 1.54) is 24.3 Å². The average molecular weight is 290 g/mol. The van der Waals surface area contributed by atoms with Gasteiger partial charge in [-0.1, -0.05) is 12.1 Å². The minimum atomic E-state index is -1.02.